The van der Waals surface area contributed by atoms with Crippen LogP contribution >= 0.6 is 0 Å². The highest BCUT2D eigenvalue weighted by atomic mass is 15.0. The van der Waals surface area contributed by atoms with Crippen LogP contribution in [0.2, 0.25) is 0 Å². The first-order valence-corrected chi connectivity index (χ1v) is 6.65. The molecule has 2 nitrogen and oxygen atoms in total. The van der Waals surface area contributed by atoms with Gasteiger partial charge in [-0.3, -0.25) is 0 Å². The van der Waals surface area contributed by atoms with Crippen LogP contribution in [0.4, 0.5) is 0 Å². The Bertz CT molecular complexity index is 164. The van der Waals surface area contributed by atoms with E-state index in [1.807, 2.05) is 0 Å². The number of hydrogen-bond donors (Lipinski definition) is 2. The summed E-state index contributed by atoms with van der Waals surface area (Å²) >= 11 is 0. The third-order valence-corrected chi connectivity index (χ3v) is 3.95. The Labute approximate surface area is 95.0 Å². The van der Waals surface area contributed by atoms with E-state index in [0.717, 1.165) is 12.5 Å². The van der Waals surface area contributed by atoms with Gasteiger partial charge in [-0.25, -0.2) is 0 Å². The van der Waals surface area contributed by atoms with Crippen molar-refractivity contribution < 1.29 is 0 Å². The molecule has 0 aromatic carbocycles. The summed E-state index contributed by atoms with van der Waals surface area (Å²) in [7, 11) is 0. The monoisotopic (exact) mass is 212 g/mol. The Hall–Kier alpha value is -0.0800. The minimum Gasteiger partial charge on any atom is -0.330 e. The van der Waals surface area contributed by atoms with Crippen molar-refractivity contribution in [1.29, 1.82) is 0 Å². The lowest BCUT2D eigenvalue weighted by molar-refractivity contribution is 0.206. The van der Waals surface area contributed by atoms with E-state index in [1.165, 1.54) is 51.5 Å². The summed E-state index contributed by atoms with van der Waals surface area (Å²) < 4.78 is 0. The molecule has 1 atom stereocenters. The van der Waals surface area contributed by atoms with Gasteiger partial charge in [-0.1, -0.05) is 13.3 Å². The van der Waals surface area contributed by atoms with Crippen LogP contribution in [0, 0.1) is 5.92 Å². The maximum absolute atomic E-state index is 5.59. The molecule has 1 unspecified atom stereocenters. The highest BCUT2D eigenvalue weighted by Crippen LogP contribution is 2.30. The fraction of sp³-hybridized carbons (Fsp3) is 1.00. The molecule has 0 radical (unpaired) electrons. The van der Waals surface area contributed by atoms with Gasteiger partial charge in [-0.15, -0.1) is 0 Å². The van der Waals surface area contributed by atoms with Gasteiger partial charge >= 0.3 is 0 Å². The first-order chi connectivity index (χ1) is 7.20. The second-order valence-electron chi connectivity index (χ2n) is 5.33. The molecular weight excluding hydrogens is 184 g/mol. The zero-order chi connectivity index (χ0) is 11.1. The maximum atomic E-state index is 5.59. The third kappa shape index (κ3) is 4.52. The van der Waals surface area contributed by atoms with Crippen molar-refractivity contribution in [2.24, 2.45) is 11.7 Å². The quantitative estimate of drug-likeness (QED) is 0.607. The standard InChI is InChI=1S/C13H28N2/c1-3-12(7-10-14)6-4-11-15-13(2)8-5-9-13/h12,15H,3-11,14H2,1-2H3. The predicted molar refractivity (Wildman–Crippen MR) is 66.9 cm³/mol. The molecule has 0 aromatic heterocycles. The van der Waals surface area contributed by atoms with Crippen LogP contribution in [0.3, 0.4) is 0 Å². The molecule has 15 heavy (non-hydrogen) atoms. The second kappa shape index (κ2) is 6.49. The summed E-state index contributed by atoms with van der Waals surface area (Å²) in [6.07, 6.45) is 9.29. The van der Waals surface area contributed by atoms with E-state index in [0.29, 0.717) is 5.54 Å². The Kier molecular flexibility index (Phi) is 5.62. The number of hydrogen-bond acceptors (Lipinski definition) is 2. The average Bonchev–Trinajstić information content (AvgIpc) is 2.20. The van der Waals surface area contributed by atoms with Crippen molar-refractivity contribution >= 4 is 0 Å². The van der Waals surface area contributed by atoms with E-state index in [9.17, 15) is 0 Å². The van der Waals surface area contributed by atoms with E-state index in [-0.39, 0.29) is 0 Å². The van der Waals surface area contributed by atoms with Crippen LogP contribution in [-0.4, -0.2) is 18.6 Å². The van der Waals surface area contributed by atoms with Gasteiger partial charge < -0.3 is 11.1 Å². The summed E-state index contributed by atoms with van der Waals surface area (Å²) in [5.41, 5.74) is 6.08. The number of nitrogens with two attached hydrogens (primary N) is 1. The normalized spacial score (nSPS) is 21.0. The van der Waals surface area contributed by atoms with Crippen LogP contribution in [0.25, 0.3) is 0 Å². The van der Waals surface area contributed by atoms with Crippen molar-refractivity contribution in [2.75, 3.05) is 13.1 Å². The van der Waals surface area contributed by atoms with Gasteiger partial charge in [0.25, 0.3) is 0 Å². The summed E-state index contributed by atoms with van der Waals surface area (Å²) in [6.45, 7) is 6.68. The summed E-state index contributed by atoms with van der Waals surface area (Å²) in [5.74, 6) is 0.853. The number of rotatable bonds is 8. The molecule has 1 saturated carbocycles. The molecule has 1 rings (SSSR count). The lowest BCUT2D eigenvalue weighted by Crippen LogP contribution is -2.48. The number of nitrogens with one attached hydrogen (secondary N) is 1. The van der Waals surface area contributed by atoms with Gasteiger partial charge in [-0.2, -0.15) is 0 Å². The molecule has 90 valence electrons. The van der Waals surface area contributed by atoms with Gasteiger partial charge in [0.2, 0.25) is 0 Å². The Morgan fingerprint density at radius 1 is 1.33 bits per heavy atom. The first kappa shape index (κ1) is 13.0. The first-order valence-electron chi connectivity index (χ1n) is 6.65. The molecular formula is C13H28N2. The predicted octanol–water partition coefficient (Wildman–Crippen LogP) is 2.67. The SMILES string of the molecule is CCC(CCN)CCCNC1(C)CCC1. The van der Waals surface area contributed by atoms with E-state index in [2.05, 4.69) is 19.2 Å². The van der Waals surface area contributed by atoms with E-state index in [4.69, 9.17) is 5.73 Å². The van der Waals surface area contributed by atoms with Gasteiger partial charge in [-0.05, 0) is 64.5 Å². The smallest absolute Gasteiger partial charge is 0.0153 e. The van der Waals surface area contributed by atoms with Crippen LogP contribution in [0.5, 0.6) is 0 Å². The van der Waals surface area contributed by atoms with Gasteiger partial charge in [0.1, 0.15) is 0 Å². The van der Waals surface area contributed by atoms with Crippen molar-refractivity contribution in [3.8, 4) is 0 Å². The van der Waals surface area contributed by atoms with Crippen LogP contribution < -0.4 is 11.1 Å². The third-order valence-electron chi connectivity index (χ3n) is 3.95. The molecule has 0 saturated heterocycles. The molecule has 2 heteroatoms. The van der Waals surface area contributed by atoms with Crippen molar-refractivity contribution in [3.63, 3.8) is 0 Å². The van der Waals surface area contributed by atoms with E-state index >= 15 is 0 Å². The van der Waals surface area contributed by atoms with Gasteiger partial charge in [0.15, 0.2) is 0 Å². The van der Waals surface area contributed by atoms with Gasteiger partial charge in [0.05, 0.1) is 0 Å². The lowest BCUT2D eigenvalue weighted by Gasteiger charge is -2.39. The lowest BCUT2D eigenvalue weighted by atomic mass is 9.78. The molecule has 1 aliphatic rings. The molecule has 0 amide bonds. The maximum Gasteiger partial charge on any atom is 0.0153 e. The van der Waals surface area contributed by atoms with E-state index < -0.39 is 0 Å². The average molecular weight is 212 g/mol. The minimum atomic E-state index is 0.482. The van der Waals surface area contributed by atoms with Crippen LogP contribution in [0.1, 0.15) is 58.8 Å². The van der Waals surface area contributed by atoms with Crippen molar-refractivity contribution in [3.05, 3.63) is 0 Å². The second-order valence-corrected chi connectivity index (χ2v) is 5.33. The zero-order valence-corrected chi connectivity index (χ0v) is 10.5. The highest BCUT2D eigenvalue weighted by molar-refractivity contribution is 4.91. The molecule has 0 aromatic rings. The van der Waals surface area contributed by atoms with Crippen molar-refractivity contribution in [1.82, 2.24) is 5.32 Å². The van der Waals surface area contributed by atoms with Crippen LogP contribution in [0.15, 0.2) is 0 Å². The topological polar surface area (TPSA) is 38.0 Å². The minimum absolute atomic E-state index is 0.482. The fourth-order valence-corrected chi connectivity index (χ4v) is 2.45. The van der Waals surface area contributed by atoms with Crippen LogP contribution in [-0.2, 0) is 0 Å². The summed E-state index contributed by atoms with van der Waals surface area (Å²) in [6, 6.07) is 0. The molecule has 0 heterocycles. The highest BCUT2D eigenvalue weighted by Gasteiger charge is 2.30. The molecule has 1 aliphatic carbocycles. The molecule has 3 N–H and O–H groups in total. The Morgan fingerprint density at radius 3 is 2.53 bits per heavy atom. The van der Waals surface area contributed by atoms with Gasteiger partial charge in [0, 0.05) is 5.54 Å². The molecule has 0 bridgehead atoms. The van der Waals surface area contributed by atoms with Crippen molar-refractivity contribution in [2.45, 2.75) is 64.3 Å². The Morgan fingerprint density at radius 2 is 2.07 bits per heavy atom. The Balaban J connectivity index is 1.99. The summed E-state index contributed by atoms with van der Waals surface area (Å²) in [5, 5.41) is 3.69. The summed E-state index contributed by atoms with van der Waals surface area (Å²) in [4.78, 5) is 0. The fourth-order valence-electron chi connectivity index (χ4n) is 2.45. The van der Waals surface area contributed by atoms with E-state index in [1.54, 1.807) is 0 Å². The molecule has 1 fully saturated rings. The molecule has 0 aliphatic heterocycles. The largest absolute Gasteiger partial charge is 0.330 e. The molecule has 0 spiro atoms. The zero-order valence-electron chi connectivity index (χ0n) is 10.5.